The summed E-state index contributed by atoms with van der Waals surface area (Å²) in [5.74, 6) is 0.847. The molecule has 0 radical (unpaired) electrons. The van der Waals surface area contributed by atoms with E-state index in [1.54, 1.807) is 6.33 Å². The number of aromatic nitrogens is 3. The van der Waals surface area contributed by atoms with E-state index < -0.39 is 0 Å². The maximum Gasteiger partial charge on any atom is 0.230 e. The van der Waals surface area contributed by atoms with Crippen molar-refractivity contribution in [2.75, 3.05) is 5.75 Å². The highest BCUT2D eigenvalue weighted by Crippen LogP contribution is 2.38. The van der Waals surface area contributed by atoms with Crippen molar-refractivity contribution in [2.24, 2.45) is 5.92 Å². The van der Waals surface area contributed by atoms with Gasteiger partial charge in [-0.05, 0) is 55.5 Å². The van der Waals surface area contributed by atoms with Gasteiger partial charge < -0.3 is 5.32 Å². The number of thioether (sulfide) groups is 1. The fraction of sp³-hybridized carbons (Fsp3) is 0.318. The fourth-order valence-electron chi connectivity index (χ4n) is 3.47. The molecule has 0 bridgehead atoms. The molecule has 1 heterocycles. The number of carbonyl (C=O) groups excluding carboxylic acids is 1. The van der Waals surface area contributed by atoms with Crippen molar-refractivity contribution in [3.63, 3.8) is 0 Å². The molecule has 5 nitrogen and oxygen atoms in total. The van der Waals surface area contributed by atoms with Crippen LogP contribution in [0.5, 0.6) is 0 Å². The Labute approximate surface area is 183 Å². The number of carbonyl (C=O) groups is 1. The molecule has 1 aliphatic rings. The second kappa shape index (κ2) is 9.13. The van der Waals surface area contributed by atoms with Crippen LogP contribution in [-0.2, 0) is 4.79 Å². The molecule has 0 spiro atoms. The standard InChI is InChI=1S/C22H23BrN4OS/c1-15-5-11-19(12-6-15)27-14-24-26-22(27)29-13-20(28)25-21(16-3-2-4-16)17-7-9-18(23)10-8-17/h5-12,14,16,21H,2-4,13H2,1H3,(H,25,28). The SMILES string of the molecule is Cc1ccc(-n2cnnc2SCC(=O)NC(c2ccc(Br)cc2)C2CCC2)cc1. The molecule has 1 aliphatic carbocycles. The molecule has 1 atom stereocenters. The molecule has 1 fully saturated rings. The fourth-order valence-corrected chi connectivity index (χ4v) is 4.47. The van der Waals surface area contributed by atoms with Crippen LogP contribution in [0.1, 0.15) is 36.4 Å². The largest absolute Gasteiger partial charge is 0.348 e. The zero-order chi connectivity index (χ0) is 20.2. The number of benzene rings is 2. The number of hydrogen-bond acceptors (Lipinski definition) is 4. The van der Waals surface area contributed by atoms with E-state index in [0.717, 1.165) is 23.0 Å². The topological polar surface area (TPSA) is 59.8 Å². The quantitative estimate of drug-likeness (QED) is 0.488. The van der Waals surface area contributed by atoms with Crippen molar-refractivity contribution in [2.45, 2.75) is 37.4 Å². The smallest absolute Gasteiger partial charge is 0.230 e. The van der Waals surface area contributed by atoms with Crippen LogP contribution >= 0.6 is 27.7 Å². The predicted molar refractivity (Wildman–Crippen MR) is 119 cm³/mol. The van der Waals surface area contributed by atoms with Crippen molar-refractivity contribution < 1.29 is 4.79 Å². The van der Waals surface area contributed by atoms with E-state index in [4.69, 9.17) is 0 Å². The van der Waals surface area contributed by atoms with Crippen LogP contribution in [0.15, 0.2) is 64.5 Å². The first-order chi connectivity index (χ1) is 14.1. The first-order valence-corrected chi connectivity index (χ1v) is 11.5. The number of aryl methyl sites for hydroxylation is 1. The minimum atomic E-state index is 0.0216. The van der Waals surface area contributed by atoms with E-state index in [2.05, 4.69) is 62.6 Å². The van der Waals surface area contributed by atoms with E-state index in [-0.39, 0.29) is 11.9 Å². The van der Waals surface area contributed by atoms with Crippen molar-refractivity contribution in [3.8, 4) is 5.69 Å². The second-order valence-electron chi connectivity index (χ2n) is 7.40. The van der Waals surface area contributed by atoms with Crippen LogP contribution in [0.2, 0.25) is 0 Å². The van der Waals surface area contributed by atoms with Crippen LogP contribution < -0.4 is 5.32 Å². The monoisotopic (exact) mass is 470 g/mol. The molecule has 0 saturated heterocycles. The Balaban J connectivity index is 1.41. The highest BCUT2D eigenvalue weighted by Gasteiger charge is 2.29. The minimum absolute atomic E-state index is 0.0216. The molecule has 2 aromatic carbocycles. The molecule has 150 valence electrons. The van der Waals surface area contributed by atoms with Gasteiger partial charge >= 0.3 is 0 Å². The molecule has 1 amide bonds. The Morgan fingerprint density at radius 3 is 2.59 bits per heavy atom. The number of rotatable bonds is 7. The van der Waals surface area contributed by atoms with Crippen molar-refractivity contribution in [3.05, 3.63) is 70.5 Å². The van der Waals surface area contributed by atoms with Gasteiger partial charge in [0, 0.05) is 10.2 Å². The molecular weight excluding hydrogens is 448 g/mol. The molecule has 1 aromatic heterocycles. The summed E-state index contributed by atoms with van der Waals surface area (Å²) in [4.78, 5) is 12.7. The highest BCUT2D eigenvalue weighted by molar-refractivity contribution is 9.10. The van der Waals surface area contributed by atoms with Gasteiger partial charge in [0.1, 0.15) is 6.33 Å². The predicted octanol–water partition coefficient (Wildman–Crippen LogP) is 5.09. The minimum Gasteiger partial charge on any atom is -0.348 e. The molecule has 3 aromatic rings. The summed E-state index contributed by atoms with van der Waals surface area (Å²) in [6, 6.07) is 16.5. The number of halogens is 1. The highest BCUT2D eigenvalue weighted by atomic mass is 79.9. The van der Waals surface area contributed by atoms with Gasteiger partial charge in [0.2, 0.25) is 5.91 Å². The number of nitrogens with zero attached hydrogens (tertiary/aromatic N) is 3. The van der Waals surface area contributed by atoms with E-state index in [0.29, 0.717) is 16.8 Å². The van der Waals surface area contributed by atoms with Crippen LogP contribution in [0.4, 0.5) is 0 Å². The summed E-state index contributed by atoms with van der Waals surface area (Å²) in [7, 11) is 0. The van der Waals surface area contributed by atoms with Crippen molar-refractivity contribution in [1.82, 2.24) is 20.1 Å². The van der Waals surface area contributed by atoms with Gasteiger partial charge in [-0.2, -0.15) is 0 Å². The van der Waals surface area contributed by atoms with E-state index >= 15 is 0 Å². The molecule has 1 unspecified atom stereocenters. The second-order valence-corrected chi connectivity index (χ2v) is 9.25. The Kier molecular flexibility index (Phi) is 6.35. The third-order valence-electron chi connectivity index (χ3n) is 5.33. The van der Waals surface area contributed by atoms with Crippen LogP contribution in [-0.4, -0.2) is 26.4 Å². The summed E-state index contributed by atoms with van der Waals surface area (Å²) >= 11 is 4.89. The molecule has 0 aliphatic heterocycles. The van der Waals surface area contributed by atoms with Gasteiger partial charge in [-0.15, -0.1) is 10.2 Å². The summed E-state index contributed by atoms with van der Waals surface area (Å²) in [6.45, 7) is 2.06. The lowest BCUT2D eigenvalue weighted by Gasteiger charge is -2.34. The van der Waals surface area contributed by atoms with E-state index in [1.807, 2.05) is 28.8 Å². The Bertz CT molecular complexity index is 967. The first-order valence-electron chi connectivity index (χ1n) is 9.75. The lowest BCUT2D eigenvalue weighted by atomic mass is 9.77. The zero-order valence-electron chi connectivity index (χ0n) is 16.2. The molecular formula is C22H23BrN4OS. The summed E-state index contributed by atoms with van der Waals surface area (Å²) in [5.41, 5.74) is 3.36. The number of hydrogen-bond donors (Lipinski definition) is 1. The molecule has 1 N–H and O–H groups in total. The number of nitrogens with one attached hydrogen (secondary N) is 1. The summed E-state index contributed by atoms with van der Waals surface area (Å²) < 4.78 is 2.96. The number of amides is 1. The molecule has 1 saturated carbocycles. The zero-order valence-corrected chi connectivity index (χ0v) is 18.6. The van der Waals surface area contributed by atoms with Crippen LogP contribution in [0.3, 0.4) is 0 Å². The average molecular weight is 471 g/mol. The Morgan fingerprint density at radius 1 is 1.21 bits per heavy atom. The lowest BCUT2D eigenvalue weighted by Crippen LogP contribution is -2.37. The molecule has 4 rings (SSSR count). The van der Waals surface area contributed by atoms with Crippen LogP contribution in [0.25, 0.3) is 5.69 Å². The summed E-state index contributed by atoms with van der Waals surface area (Å²) in [6.07, 6.45) is 5.25. The lowest BCUT2D eigenvalue weighted by molar-refractivity contribution is -0.119. The van der Waals surface area contributed by atoms with E-state index in [1.165, 1.54) is 29.3 Å². The van der Waals surface area contributed by atoms with Crippen LogP contribution in [0, 0.1) is 12.8 Å². The maximum atomic E-state index is 12.7. The molecule has 29 heavy (non-hydrogen) atoms. The van der Waals surface area contributed by atoms with Gasteiger partial charge in [-0.1, -0.05) is 63.9 Å². The van der Waals surface area contributed by atoms with Crippen molar-refractivity contribution in [1.29, 1.82) is 0 Å². The summed E-state index contributed by atoms with van der Waals surface area (Å²) in [5, 5.41) is 12.2. The van der Waals surface area contributed by atoms with Crippen molar-refractivity contribution >= 4 is 33.6 Å². The van der Waals surface area contributed by atoms with Gasteiger partial charge in [-0.3, -0.25) is 9.36 Å². The first kappa shape index (κ1) is 20.2. The van der Waals surface area contributed by atoms with Gasteiger partial charge in [-0.25, -0.2) is 0 Å². The molecule has 7 heteroatoms. The Hall–Kier alpha value is -2.12. The Morgan fingerprint density at radius 2 is 1.93 bits per heavy atom. The third-order valence-corrected chi connectivity index (χ3v) is 6.80. The average Bonchev–Trinajstić information content (AvgIpc) is 3.14. The van der Waals surface area contributed by atoms with E-state index in [9.17, 15) is 4.79 Å². The van der Waals surface area contributed by atoms with Gasteiger partial charge in [0.15, 0.2) is 5.16 Å². The normalized spacial score (nSPS) is 15.0. The maximum absolute atomic E-state index is 12.7. The van der Waals surface area contributed by atoms with Gasteiger partial charge in [0.05, 0.1) is 11.8 Å². The van der Waals surface area contributed by atoms with Gasteiger partial charge in [0.25, 0.3) is 0 Å². The third kappa shape index (κ3) is 4.90.